The molecule has 0 bridgehead atoms. The number of carbonyl (C=O) groups is 1. The number of hydrogen-bond donors (Lipinski definition) is 2. The van der Waals surface area contributed by atoms with Crippen LogP contribution in [0.25, 0.3) is 0 Å². The Balaban J connectivity index is 1.57. The summed E-state index contributed by atoms with van der Waals surface area (Å²) in [5, 5.41) is 13.5. The van der Waals surface area contributed by atoms with E-state index in [1.807, 2.05) is 30.3 Å². The number of aromatic nitrogens is 3. The fourth-order valence-electron chi connectivity index (χ4n) is 1.62. The summed E-state index contributed by atoms with van der Waals surface area (Å²) in [6.45, 7) is 1.68. The topological polar surface area (TPSA) is 71.8 Å². The van der Waals surface area contributed by atoms with Gasteiger partial charge in [0.1, 0.15) is 0 Å². The number of amides is 1. The lowest BCUT2D eigenvalue weighted by Crippen LogP contribution is -2.31. The van der Waals surface area contributed by atoms with Crippen molar-refractivity contribution in [2.75, 3.05) is 18.4 Å². The van der Waals surface area contributed by atoms with Gasteiger partial charge in [-0.05, 0) is 18.6 Å². The first-order valence-electron chi connectivity index (χ1n) is 6.24. The van der Waals surface area contributed by atoms with E-state index >= 15 is 0 Å². The quantitative estimate of drug-likeness (QED) is 0.725. The van der Waals surface area contributed by atoms with Crippen LogP contribution in [0, 0.1) is 0 Å². The summed E-state index contributed by atoms with van der Waals surface area (Å²) in [6, 6.07) is 9.65. The average Bonchev–Trinajstić information content (AvgIpc) is 2.96. The summed E-state index contributed by atoms with van der Waals surface area (Å²) in [4.78, 5) is 11.6. The Kier molecular flexibility index (Phi) is 4.92. The normalized spacial score (nSPS) is 10.1. The van der Waals surface area contributed by atoms with Gasteiger partial charge in [-0.1, -0.05) is 23.4 Å². The second-order valence-corrected chi connectivity index (χ2v) is 4.09. The number of rotatable bonds is 7. The molecule has 1 heterocycles. The van der Waals surface area contributed by atoms with Crippen LogP contribution < -0.4 is 10.6 Å². The van der Waals surface area contributed by atoms with Gasteiger partial charge < -0.3 is 10.6 Å². The van der Waals surface area contributed by atoms with Crippen LogP contribution in [-0.2, 0) is 11.3 Å². The van der Waals surface area contributed by atoms with E-state index in [0.29, 0.717) is 6.54 Å². The summed E-state index contributed by atoms with van der Waals surface area (Å²) in [5.74, 6) is -0.0116. The van der Waals surface area contributed by atoms with Crippen molar-refractivity contribution in [1.82, 2.24) is 20.3 Å². The number of nitrogens with zero attached hydrogens (tertiary/aromatic N) is 3. The van der Waals surface area contributed by atoms with Gasteiger partial charge in [0.25, 0.3) is 0 Å². The van der Waals surface area contributed by atoms with Crippen LogP contribution in [0.3, 0.4) is 0 Å². The Morgan fingerprint density at radius 1 is 1.26 bits per heavy atom. The lowest BCUT2D eigenvalue weighted by atomic mass is 10.3. The van der Waals surface area contributed by atoms with Crippen molar-refractivity contribution in [3.8, 4) is 0 Å². The van der Waals surface area contributed by atoms with Gasteiger partial charge in [0.15, 0.2) is 0 Å². The zero-order chi connectivity index (χ0) is 13.3. The molecule has 2 rings (SSSR count). The molecule has 1 aromatic heterocycles. The molecule has 0 aliphatic rings. The van der Waals surface area contributed by atoms with Crippen LogP contribution in [0.5, 0.6) is 0 Å². The highest BCUT2D eigenvalue weighted by Gasteiger charge is 2.00. The van der Waals surface area contributed by atoms with E-state index in [1.165, 1.54) is 0 Å². The summed E-state index contributed by atoms with van der Waals surface area (Å²) >= 11 is 0. The highest BCUT2D eigenvalue weighted by molar-refractivity contribution is 5.80. The van der Waals surface area contributed by atoms with Crippen LogP contribution >= 0.6 is 0 Å². The molecule has 6 heteroatoms. The van der Waals surface area contributed by atoms with Crippen molar-refractivity contribution in [2.45, 2.75) is 13.0 Å². The van der Waals surface area contributed by atoms with Crippen LogP contribution in [0.15, 0.2) is 42.7 Å². The molecule has 0 radical (unpaired) electrons. The Morgan fingerprint density at radius 3 is 2.84 bits per heavy atom. The smallest absolute Gasteiger partial charge is 0.239 e. The minimum atomic E-state index is -0.0116. The Morgan fingerprint density at radius 2 is 2.11 bits per heavy atom. The summed E-state index contributed by atoms with van der Waals surface area (Å²) in [7, 11) is 0. The molecule has 0 aliphatic carbocycles. The number of benzene rings is 1. The molecule has 19 heavy (non-hydrogen) atoms. The van der Waals surface area contributed by atoms with Gasteiger partial charge in [-0.15, -0.1) is 5.10 Å². The van der Waals surface area contributed by atoms with Gasteiger partial charge in [0, 0.05) is 25.0 Å². The molecule has 0 spiro atoms. The maximum Gasteiger partial charge on any atom is 0.239 e. The highest BCUT2D eigenvalue weighted by Crippen LogP contribution is 2.03. The number of aryl methyl sites for hydroxylation is 1. The molecule has 2 aromatic rings. The predicted molar refractivity (Wildman–Crippen MR) is 72.6 cm³/mol. The summed E-state index contributed by atoms with van der Waals surface area (Å²) < 4.78 is 1.74. The molecule has 0 unspecified atom stereocenters. The number of carbonyl (C=O) groups excluding carboxylic acids is 1. The third-order valence-electron chi connectivity index (χ3n) is 2.58. The first kappa shape index (κ1) is 13.1. The second-order valence-electron chi connectivity index (χ2n) is 4.09. The highest BCUT2D eigenvalue weighted by atomic mass is 16.1. The molecule has 0 fully saturated rings. The Hall–Kier alpha value is -2.37. The van der Waals surface area contributed by atoms with Gasteiger partial charge in [-0.2, -0.15) is 0 Å². The lowest BCUT2D eigenvalue weighted by molar-refractivity contribution is -0.119. The van der Waals surface area contributed by atoms with Crippen molar-refractivity contribution in [3.05, 3.63) is 42.7 Å². The summed E-state index contributed by atoms with van der Waals surface area (Å²) in [5.41, 5.74) is 0.945. The summed E-state index contributed by atoms with van der Waals surface area (Å²) in [6.07, 6.45) is 4.28. The molecular formula is C13H17N5O. The molecule has 0 aliphatic heterocycles. The molecule has 1 amide bonds. The van der Waals surface area contributed by atoms with Crippen LogP contribution in [0.4, 0.5) is 5.69 Å². The monoisotopic (exact) mass is 259 g/mol. The molecular weight excluding hydrogens is 242 g/mol. The van der Waals surface area contributed by atoms with Gasteiger partial charge in [-0.25, -0.2) is 0 Å². The maximum absolute atomic E-state index is 11.6. The van der Waals surface area contributed by atoms with Crippen molar-refractivity contribution in [3.63, 3.8) is 0 Å². The molecule has 6 nitrogen and oxygen atoms in total. The minimum Gasteiger partial charge on any atom is -0.376 e. The Bertz CT molecular complexity index is 483. The van der Waals surface area contributed by atoms with Crippen molar-refractivity contribution < 1.29 is 4.79 Å². The fourth-order valence-corrected chi connectivity index (χ4v) is 1.62. The van der Waals surface area contributed by atoms with E-state index in [4.69, 9.17) is 0 Å². The van der Waals surface area contributed by atoms with Crippen LogP contribution in [-0.4, -0.2) is 34.0 Å². The molecule has 0 atom stereocenters. The number of hydrogen-bond acceptors (Lipinski definition) is 4. The third kappa shape index (κ3) is 4.79. The first-order valence-corrected chi connectivity index (χ1v) is 6.24. The maximum atomic E-state index is 11.6. The first-order chi connectivity index (χ1) is 9.34. The average molecular weight is 259 g/mol. The van der Waals surface area contributed by atoms with Crippen LogP contribution in [0.2, 0.25) is 0 Å². The van der Waals surface area contributed by atoms with E-state index in [9.17, 15) is 4.79 Å². The minimum absolute atomic E-state index is 0.0116. The van der Waals surface area contributed by atoms with Crippen molar-refractivity contribution in [2.24, 2.45) is 0 Å². The van der Waals surface area contributed by atoms with E-state index < -0.39 is 0 Å². The SMILES string of the molecule is O=C(CNc1ccccc1)NCCCn1ccnn1. The van der Waals surface area contributed by atoms with E-state index in [1.54, 1.807) is 17.1 Å². The van der Waals surface area contributed by atoms with Crippen molar-refractivity contribution >= 4 is 11.6 Å². The third-order valence-corrected chi connectivity index (χ3v) is 2.58. The second kappa shape index (κ2) is 7.15. The largest absolute Gasteiger partial charge is 0.376 e. The molecule has 0 saturated heterocycles. The zero-order valence-electron chi connectivity index (χ0n) is 10.6. The van der Waals surface area contributed by atoms with Gasteiger partial charge in [0.2, 0.25) is 5.91 Å². The molecule has 100 valence electrons. The molecule has 0 saturated carbocycles. The van der Waals surface area contributed by atoms with E-state index in [-0.39, 0.29) is 12.5 Å². The molecule has 2 N–H and O–H groups in total. The van der Waals surface area contributed by atoms with E-state index in [0.717, 1.165) is 18.7 Å². The Labute approximate surface area is 111 Å². The lowest BCUT2D eigenvalue weighted by Gasteiger charge is -2.07. The van der Waals surface area contributed by atoms with Crippen LogP contribution in [0.1, 0.15) is 6.42 Å². The van der Waals surface area contributed by atoms with Gasteiger partial charge in [-0.3, -0.25) is 9.48 Å². The van der Waals surface area contributed by atoms with E-state index in [2.05, 4.69) is 20.9 Å². The van der Waals surface area contributed by atoms with Crippen molar-refractivity contribution in [1.29, 1.82) is 0 Å². The number of para-hydroxylation sites is 1. The molecule has 1 aromatic carbocycles. The van der Waals surface area contributed by atoms with Gasteiger partial charge in [0.05, 0.1) is 12.7 Å². The number of anilines is 1. The standard InChI is InChI=1S/C13H17N5O/c19-13(11-15-12-5-2-1-3-6-12)14-7-4-9-18-10-8-16-17-18/h1-3,5-6,8,10,15H,4,7,9,11H2,(H,14,19). The number of nitrogens with one attached hydrogen (secondary N) is 2. The zero-order valence-corrected chi connectivity index (χ0v) is 10.6. The fraction of sp³-hybridized carbons (Fsp3) is 0.308. The van der Waals surface area contributed by atoms with Gasteiger partial charge >= 0.3 is 0 Å². The predicted octanol–water partition coefficient (Wildman–Crippen LogP) is 0.896.